The lowest BCUT2D eigenvalue weighted by molar-refractivity contribution is -0.124. The van der Waals surface area contributed by atoms with E-state index >= 15 is 0 Å². The van der Waals surface area contributed by atoms with E-state index in [4.69, 9.17) is 9.47 Å². The highest BCUT2D eigenvalue weighted by molar-refractivity contribution is 5.99. The number of aliphatic hydroxyl groups is 1. The number of hydrogen-bond donors (Lipinski definition) is 1. The first-order valence-corrected chi connectivity index (χ1v) is 7.16. The number of nitrogens with zero attached hydrogens (tertiary/aromatic N) is 1. The Labute approximate surface area is 126 Å². The van der Waals surface area contributed by atoms with Crippen molar-refractivity contribution in [2.75, 3.05) is 13.3 Å². The first kappa shape index (κ1) is 15.7. The maximum Gasteiger partial charge on any atom is 0.144 e. The van der Waals surface area contributed by atoms with Crippen molar-refractivity contribution in [1.82, 2.24) is 0 Å². The molecule has 114 valence electrons. The van der Waals surface area contributed by atoms with Crippen LogP contribution in [0, 0.1) is 5.92 Å². The molecule has 1 aromatic rings. The lowest BCUT2D eigenvalue weighted by Crippen LogP contribution is -2.46. The summed E-state index contributed by atoms with van der Waals surface area (Å²) in [6, 6.07) is 9.67. The molecule has 4 heteroatoms. The van der Waals surface area contributed by atoms with E-state index in [9.17, 15) is 5.11 Å². The van der Waals surface area contributed by atoms with Crippen LogP contribution in [0.4, 0.5) is 0 Å². The molecule has 1 N–H and O–H groups in total. The Kier molecular flexibility index (Phi) is 4.80. The first-order chi connectivity index (χ1) is 9.99. The predicted octanol–water partition coefficient (Wildman–Crippen LogP) is 2.83. The van der Waals surface area contributed by atoms with E-state index in [-0.39, 0.29) is 18.8 Å². The van der Waals surface area contributed by atoms with Crippen molar-refractivity contribution in [3.05, 3.63) is 42.5 Å². The molecule has 0 amide bonds. The largest absolute Gasteiger partial charge is 0.488 e. The molecule has 1 aliphatic heterocycles. The van der Waals surface area contributed by atoms with Crippen molar-refractivity contribution in [3.63, 3.8) is 0 Å². The van der Waals surface area contributed by atoms with Crippen molar-refractivity contribution in [2.24, 2.45) is 10.9 Å². The summed E-state index contributed by atoms with van der Waals surface area (Å²) in [7, 11) is 0. The number of aliphatic imine (C=N–C) groups is 1. The van der Waals surface area contributed by atoms with Crippen molar-refractivity contribution in [3.8, 4) is 5.75 Å². The number of benzene rings is 1. The van der Waals surface area contributed by atoms with Crippen molar-refractivity contribution >= 4 is 5.71 Å². The van der Waals surface area contributed by atoms with Crippen molar-refractivity contribution in [2.45, 2.75) is 32.5 Å². The second-order valence-corrected chi connectivity index (χ2v) is 5.54. The van der Waals surface area contributed by atoms with Gasteiger partial charge in [0.1, 0.15) is 24.2 Å². The number of aliphatic hydroxyl groups excluding tert-OH is 1. The van der Waals surface area contributed by atoms with Crippen LogP contribution in [-0.4, -0.2) is 35.9 Å². The van der Waals surface area contributed by atoms with Crippen LogP contribution in [0.2, 0.25) is 0 Å². The minimum Gasteiger partial charge on any atom is -0.488 e. The molecule has 1 unspecified atom stereocenters. The lowest BCUT2D eigenvalue weighted by atomic mass is 9.80. The summed E-state index contributed by atoms with van der Waals surface area (Å²) in [6.45, 7) is 10.2. The molecule has 0 saturated carbocycles. The van der Waals surface area contributed by atoms with Gasteiger partial charge in [-0.1, -0.05) is 31.7 Å². The molecule has 0 saturated heterocycles. The van der Waals surface area contributed by atoms with Gasteiger partial charge in [0.2, 0.25) is 0 Å². The third-order valence-corrected chi connectivity index (χ3v) is 4.37. The maximum atomic E-state index is 9.23. The fraction of sp³-hybridized carbons (Fsp3) is 0.471. The minimum absolute atomic E-state index is 0.00134. The Morgan fingerprint density at radius 3 is 2.67 bits per heavy atom. The molecule has 1 heterocycles. The van der Waals surface area contributed by atoms with Crippen molar-refractivity contribution < 1.29 is 14.6 Å². The Bertz CT molecular complexity index is 526. The monoisotopic (exact) mass is 289 g/mol. The first-order valence-electron chi connectivity index (χ1n) is 7.16. The van der Waals surface area contributed by atoms with Gasteiger partial charge in [0.25, 0.3) is 0 Å². The van der Waals surface area contributed by atoms with Gasteiger partial charge in [-0.25, -0.2) is 0 Å². The molecule has 4 nitrogen and oxygen atoms in total. The zero-order chi connectivity index (χ0) is 15.5. The highest BCUT2D eigenvalue weighted by Crippen LogP contribution is 2.36. The van der Waals surface area contributed by atoms with Gasteiger partial charge in [0.15, 0.2) is 0 Å². The topological polar surface area (TPSA) is 51.0 Å². The minimum atomic E-state index is -0.696. The number of rotatable bonds is 4. The molecule has 0 fully saturated rings. The predicted molar refractivity (Wildman–Crippen MR) is 83.7 cm³/mol. The van der Waals surface area contributed by atoms with Crippen LogP contribution in [0.3, 0.4) is 0 Å². The molecule has 21 heavy (non-hydrogen) atoms. The third kappa shape index (κ3) is 3.17. The summed E-state index contributed by atoms with van der Waals surface area (Å²) in [4.78, 5) is 4.54. The normalized spacial score (nSPS) is 29.7. The Morgan fingerprint density at radius 2 is 2.05 bits per heavy atom. The van der Waals surface area contributed by atoms with Crippen LogP contribution in [0.5, 0.6) is 5.75 Å². The van der Waals surface area contributed by atoms with Gasteiger partial charge in [0.05, 0.1) is 6.54 Å². The fourth-order valence-electron chi connectivity index (χ4n) is 2.64. The Morgan fingerprint density at radius 1 is 1.38 bits per heavy atom. The smallest absolute Gasteiger partial charge is 0.144 e. The third-order valence-electron chi connectivity index (χ3n) is 4.37. The summed E-state index contributed by atoms with van der Waals surface area (Å²) in [5, 5.41) is 9.23. The molecule has 1 aliphatic rings. The molecule has 0 radical (unpaired) electrons. The number of para-hydroxylation sites is 1. The van der Waals surface area contributed by atoms with E-state index in [1.54, 1.807) is 0 Å². The van der Waals surface area contributed by atoms with Gasteiger partial charge in [-0.15, -0.1) is 0 Å². The van der Waals surface area contributed by atoms with E-state index in [2.05, 4.69) is 11.6 Å². The van der Waals surface area contributed by atoms with E-state index in [1.807, 2.05) is 51.1 Å². The molecule has 0 bridgehead atoms. The lowest BCUT2D eigenvalue weighted by Gasteiger charge is -2.38. The average Bonchev–Trinajstić information content (AvgIpc) is 2.56. The van der Waals surface area contributed by atoms with Crippen LogP contribution in [0.25, 0.3) is 0 Å². The van der Waals surface area contributed by atoms with Gasteiger partial charge in [-0.05, 0) is 31.6 Å². The zero-order valence-corrected chi connectivity index (χ0v) is 12.9. The van der Waals surface area contributed by atoms with Gasteiger partial charge in [0, 0.05) is 11.6 Å². The van der Waals surface area contributed by atoms with Crippen LogP contribution >= 0.6 is 0 Å². The zero-order valence-electron chi connectivity index (χ0n) is 12.9. The number of ether oxygens (including phenoxy) is 2. The molecule has 0 aliphatic carbocycles. The number of hydrogen-bond acceptors (Lipinski definition) is 4. The van der Waals surface area contributed by atoms with Gasteiger partial charge < -0.3 is 14.6 Å². The van der Waals surface area contributed by atoms with Gasteiger partial charge in [-0.2, -0.15) is 0 Å². The quantitative estimate of drug-likeness (QED) is 0.867. The van der Waals surface area contributed by atoms with Crippen molar-refractivity contribution in [1.29, 1.82) is 0 Å². The molecular weight excluding hydrogens is 266 g/mol. The second kappa shape index (κ2) is 6.41. The van der Waals surface area contributed by atoms with Crippen LogP contribution in [-0.2, 0) is 4.74 Å². The molecule has 0 spiro atoms. The van der Waals surface area contributed by atoms with E-state index in [0.29, 0.717) is 6.54 Å². The second-order valence-electron chi connectivity index (χ2n) is 5.54. The Balaban J connectivity index is 2.28. The molecule has 0 aromatic heterocycles. The average molecular weight is 289 g/mol. The summed E-state index contributed by atoms with van der Waals surface area (Å²) in [6.07, 6.45) is -0.141. The molecule has 3 atom stereocenters. The van der Waals surface area contributed by atoms with E-state index < -0.39 is 5.60 Å². The maximum absolute atomic E-state index is 9.23. The van der Waals surface area contributed by atoms with Crippen LogP contribution < -0.4 is 4.74 Å². The van der Waals surface area contributed by atoms with E-state index in [1.165, 1.54) is 0 Å². The molecule has 1 aromatic carbocycles. The SMILES string of the molecule is C=C1C(C)=NCC(Oc2ccccc2)[C@H](C)[C@]1(C)OCO. The summed E-state index contributed by atoms with van der Waals surface area (Å²) >= 11 is 0. The summed E-state index contributed by atoms with van der Waals surface area (Å²) in [5.74, 6) is 0.805. The van der Waals surface area contributed by atoms with Crippen LogP contribution in [0.1, 0.15) is 20.8 Å². The molecular formula is C17H23NO3. The van der Waals surface area contributed by atoms with Crippen LogP contribution in [0.15, 0.2) is 47.5 Å². The molecule has 2 rings (SSSR count). The summed E-state index contributed by atoms with van der Waals surface area (Å²) in [5.41, 5.74) is 0.943. The highest BCUT2D eigenvalue weighted by Gasteiger charge is 2.43. The van der Waals surface area contributed by atoms with Gasteiger partial charge >= 0.3 is 0 Å². The summed E-state index contributed by atoms with van der Waals surface area (Å²) < 4.78 is 11.7. The fourth-order valence-corrected chi connectivity index (χ4v) is 2.64. The van der Waals surface area contributed by atoms with E-state index in [0.717, 1.165) is 17.0 Å². The standard InChI is InChI=1S/C17H23NO3/c1-12-14(3)18-10-16(13(2)17(12,4)20-11-19)21-15-8-6-5-7-9-15/h5-9,13,16,19H,1,10-11H2,2-4H3/t13-,16?,17+/m0/s1. The van der Waals surface area contributed by atoms with Gasteiger partial charge in [-0.3, -0.25) is 4.99 Å². The Hall–Kier alpha value is -1.65. The highest BCUT2D eigenvalue weighted by atomic mass is 16.6.